The molecule has 0 aliphatic rings. The van der Waals surface area contributed by atoms with E-state index in [4.69, 9.17) is 14.2 Å². The predicted molar refractivity (Wildman–Crippen MR) is 307 cm³/mol. The summed E-state index contributed by atoms with van der Waals surface area (Å²) in [7, 11) is 0. The van der Waals surface area contributed by atoms with Gasteiger partial charge < -0.3 is 14.2 Å². The van der Waals surface area contributed by atoms with Crippen LogP contribution in [0.25, 0.3) is 0 Å². The molecule has 0 spiro atoms. The number of rotatable bonds is 58. The monoisotopic (exact) mass is 997 g/mol. The van der Waals surface area contributed by atoms with Crippen molar-refractivity contribution in [2.45, 2.75) is 348 Å². The fraction of sp³-hybridized carbons (Fsp3) is 0.862. The summed E-state index contributed by atoms with van der Waals surface area (Å²) in [5.41, 5.74) is 0. The van der Waals surface area contributed by atoms with E-state index < -0.39 is 6.10 Å². The number of hydrogen-bond acceptors (Lipinski definition) is 6. The number of hydrogen-bond donors (Lipinski definition) is 0. The Kier molecular flexibility index (Phi) is 58.2. The van der Waals surface area contributed by atoms with Crippen molar-refractivity contribution >= 4 is 17.9 Å². The highest BCUT2D eigenvalue weighted by Gasteiger charge is 2.19. The molecule has 6 heteroatoms. The summed E-state index contributed by atoms with van der Waals surface area (Å²) in [6, 6.07) is 0. The highest BCUT2D eigenvalue weighted by Crippen LogP contribution is 2.16. The van der Waals surface area contributed by atoms with Gasteiger partial charge in [-0.15, -0.1) is 0 Å². The van der Waals surface area contributed by atoms with Crippen LogP contribution in [0.2, 0.25) is 0 Å². The Labute approximate surface area is 442 Å². The van der Waals surface area contributed by atoms with E-state index in [1.54, 1.807) is 0 Å². The first-order valence-electron chi connectivity index (χ1n) is 31.5. The minimum absolute atomic E-state index is 0.0748. The molecule has 0 bridgehead atoms. The highest BCUT2D eigenvalue weighted by molar-refractivity contribution is 5.71. The first-order chi connectivity index (χ1) is 35.0. The first kappa shape index (κ1) is 68.6. The van der Waals surface area contributed by atoms with Crippen molar-refractivity contribution in [1.82, 2.24) is 0 Å². The Balaban J connectivity index is 4.35. The van der Waals surface area contributed by atoms with Crippen LogP contribution in [0.5, 0.6) is 0 Å². The Morgan fingerprint density at radius 2 is 0.465 bits per heavy atom. The second-order valence-corrected chi connectivity index (χ2v) is 21.3. The SMILES string of the molecule is CCCCCCCC/C=C\CCCCCCCCCC(=O)OCC(COC(=O)CCCCCCCCC/C=C\CCCCCCCCCC)OC(=O)CCCCCCCCC/C=C\CCCCCCCC. The van der Waals surface area contributed by atoms with Gasteiger partial charge in [-0.05, 0) is 96.3 Å². The van der Waals surface area contributed by atoms with Crippen LogP contribution in [-0.4, -0.2) is 37.2 Å². The average Bonchev–Trinajstić information content (AvgIpc) is 3.37. The quantitative estimate of drug-likeness (QED) is 0.0261. The normalized spacial score (nSPS) is 12.2. The van der Waals surface area contributed by atoms with E-state index in [-0.39, 0.29) is 31.1 Å². The molecule has 0 aromatic rings. The Hall–Kier alpha value is -2.37. The standard InChI is InChI=1S/C65H120O6/c1-4-7-10-13-16-19-22-25-28-31-32-35-37-40-43-46-49-52-55-58-64(67)70-61-62(71-65(68)59-56-53-50-47-44-41-38-34-30-27-24-21-18-15-12-9-6-3)60-69-63(66)57-54-51-48-45-42-39-36-33-29-26-23-20-17-14-11-8-5-2/h26-27,29-32,62H,4-25,28,33-61H2,1-3H3/b29-26-,30-27-,32-31-. The molecule has 0 heterocycles. The van der Waals surface area contributed by atoms with Gasteiger partial charge in [0.15, 0.2) is 6.10 Å². The maximum absolute atomic E-state index is 12.9. The largest absolute Gasteiger partial charge is 0.462 e. The van der Waals surface area contributed by atoms with Gasteiger partial charge in [0, 0.05) is 19.3 Å². The van der Waals surface area contributed by atoms with Gasteiger partial charge >= 0.3 is 17.9 Å². The lowest BCUT2D eigenvalue weighted by molar-refractivity contribution is -0.167. The lowest BCUT2D eigenvalue weighted by Gasteiger charge is -2.18. The average molecular weight is 998 g/mol. The Bertz CT molecular complexity index is 1190. The third-order valence-electron chi connectivity index (χ3n) is 14.1. The van der Waals surface area contributed by atoms with Gasteiger partial charge in [-0.25, -0.2) is 0 Å². The van der Waals surface area contributed by atoms with Crippen LogP contribution in [0.4, 0.5) is 0 Å². The fourth-order valence-electron chi connectivity index (χ4n) is 9.31. The summed E-state index contributed by atoms with van der Waals surface area (Å²) in [6.07, 6.45) is 72.8. The van der Waals surface area contributed by atoms with Crippen LogP contribution in [0.15, 0.2) is 36.5 Å². The predicted octanol–water partition coefficient (Wildman–Crippen LogP) is 21.2. The minimum Gasteiger partial charge on any atom is -0.462 e. The Morgan fingerprint density at radius 1 is 0.268 bits per heavy atom. The van der Waals surface area contributed by atoms with Crippen LogP contribution in [0.3, 0.4) is 0 Å². The van der Waals surface area contributed by atoms with E-state index in [0.29, 0.717) is 19.3 Å². The molecule has 0 saturated heterocycles. The second-order valence-electron chi connectivity index (χ2n) is 21.3. The number of esters is 3. The molecule has 0 aliphatic heterocycles. The molecule has 6 nitrogen and oxygen atoms in total. The van der Waals surface area contributed by atoms with Gasteiger partial charge in [0.25, 0.3) is 0 Å². The molecule has 71 heavy (non-hydrogen) atoms. The summed E-state index contributed by atoms with van der Waals surface area (Å²) in [6.45, 7) is 6.67. The maximum Gasteiger partial charge on any atom is 0.306 e. The zero-order valence-corrected chi connectivity index (χ0v) is 47.8. The van der Waals surface area contributed by atoms with E-state index in [1.807, 2.05) is 0 Å². The molecule has 0 radical (unpaired) electrons. The van der Waals surface area contributed by atoms with Gasteiger partial charge in [0.2, 0.25) is 0 Å². The van der Waals surface area contributed by atoms with E-state index >= 15 is 0 Å². The topological polar surface area (TPSA) is 78.9 Å². The summed E-state index contributed by atoms with van der Waals surface area (Å²) in [5, 5.41) is 0. The fourth-order valence-corrected chi connectivity index (χ4v) is 9.31. The lowest BCUT2D eigenvalue weighted by Crippen LogP contribution is -2.30. The molecule has 1 atom stereocenters. The first-order valence-corrected chi connectivity index (χ1v) is 31.5. The molecule has 0 N–H and O–H groups in total. The Morgan fingerprint density at radius 3 is 0.704 bits per heavy atom. The highest BCUT2D eigenvalue weighted by atomic mass is 16.6. The summed E-state index contributed by atoms with van der Waals surface area (Å²) < 4.78 is 16.9. The number of carbonyl (C=O) groups excluding carboxylic acids is 3. The molecule has 0 aromatic heterocycles. The smallest absolute Gasteiger partial charge is 0.306 e. The third-order valence-corrected chi connectivity index (χ3v) is 14.1. The minimum atomic E-state index is -0.777. The number of ether oxygens (including phenoxy) is 3. The van der Waals surface area contributed by atoms with E-state index in [9.17, 15) is 14.4 Å². The third kappa shape index (κ3) is 58.4. The van der Waals surface area contributed by atoms with Gasteiger partial charge in [0.05, 0.1) is 0 Å². The van der Waals surface area contributed by atoms with E-state index in [0.717, 1.165) is 57.8 Å². The summed E-state index contributed by atoms with van der Waals surface area (Å²) >= 11 is 0. The molecule has 0 aromatic carbocycles. The van der Waals surface area contributed by atoms with E-state index in [2.05, 4.69) is 57.2 Å². The van der Waals surface area contributed by atoms with Gasteiger partial charge in [-0.3, -0.25) is 14.4 Å². The van der Waals surface area contributed by atoms with Crippen LogP contribution in [-0.2, 0) is 28.6 Å². The number of carbonyl (C=O) groups is 3. The van der Waals surface area contributed by atoms with Crippen molar-refractivity contribution < 1.29 is 28.6 Å². The maximum atomic E-state index is 12.9. The van der Waals surface area contributed by atoms with Crippen LogP contribution in [0, 0.1) is 0 Å². The van der Waals surface area contributed by atoms with Crippen molar-refractivity contribution in [1.29, 1.82) is 0 Å². The van der Waals surface area contributed by atoms with Gasteiger partial charge in [-0.2, -0.15) is 0 Å². The zero-order valence-electron chi connectivity index (χ0n) is 47.8. The molecule has 0 amide bonds. The van der Waals surface area contributed by atoms with Gasteiger partial charge in [0.1, 0.15) is 13.2 Å². The van der Waals surface area contributed by atoms with Crippen molar-refractivity contribution in [3.63, 3.8) is 0 Å². The molecule has 0 saturated carbocycles. The summed E-state index contributed by atoms with van der Waals surface area (Å²) in [5.74, 6) is -0.867. The zero-order chi connectivity index (χ0) is 51.4. The van der Waals surface area contributed by atoms with Crippen molar-refractivity contribution in [2.24, 2.45) is 0 Å². The molecule has 0 rings (SSSR count). The second kappa shape index (κ2) is 60.2. The van der Waals surface area contributed by atoms with E-state index in [1.165, 1.54) is 244 Å². The molecule has 416 valence electrons. The molecule has 1 unspecified atom stereocenters. The van der Waals surface area contributed by atoms with Crippen LogP contribution in [0.1, 0.15) is 342 Å². The molecular weight excluding hydrogens is 877 g/mol. The van der Waals surface area contributed by atoms with Crippen LogP contribution < -0.4 is 0 Å². The number of unbranched alkanes of at least 4 members (excludes halogenated alkanes) is 41. The molecule has 0 fully saturated rings. The van der Waals surface area contributed by atoms with Crippen molar-refractivity contribution in [3.8, 4) is 0 Å². The molecule has 0 aliphatic carbocycles. The van der Waals surface area contributed by atoms with Crippen LogP contribution >= 0.6 is 0 Å². The van der Waals surface area contributed by atoms with Gasteiger partial charge in [-0.1, -0.05) is 263 Å². The van der Waals surface area contributed by atoms with Crippen molar-refractivity contribution in [2.75, 3.05) is 13.2 Å². The van der Waals surface area contributed by atoms with Crippen molar-refractivity contribution in [3.05, 3.63) is 36.5 Å². The lowest BCUT2D eigenvalue weighted by atomic mass is 10.1. The molecular formula is C65H120O6. The summed E-state index contributed by atoms with van der Waals surface area (Å²) in [4.78, 5) is 38.3. The number of allylic oxidation sites excluding steroid dienone is 6.